The summed E-state index contributed by atoms with van der Waals surface area (Å²) in [7, 11) is 0. The summed E-state index contributed by atoms with van der Waals surface area (Å²) in [5, 5.41) is 0. The van der Waals surface area contributed by atoms with Crippen molar-refractivity contribution in [3.8, 4) is 0 Å². The summed E-state index contributed by atoms with van der Waals surface area (Å²) in [5.41, 5.74) is 2.05. The van der Waals surface area contributed by atoms with Crippen LogP contribution in [0.4, 0.5) is 0 Å². The molecule has 1 aromatic heterocycles. The van der Waals surface area contributed by atoms with Crippen molar-refractivity contribution < 1.29 is 4.79 Å². The first kappa shape index (κ1) is 9.13. The lowest BCUT2D eigenvalue weighted by Crippen LogP contribution is -2.14. The van der Waals surface area contributed by atoms with Gasteiger partial charge in [-0.05, 0) is 42.0 Å². The van der Waals surface area contributed by atoms with E-state index < -0.39 is 0 Å². The van der Waals surface area contributed by atoms with Crippen LogP contribution in [0.3, 0.4) is 0 Å². The molecule has 0 aliphatic heterocycles. The number of hydrogen-bond donors (Lipinski definition) is 0. The molecule has 2 nitrogen and oxygen atoms in total. The van der Waals surface area contributed by atoms with Gasteiger partial charge in [-0.3, -0.25) is 9.78 Å². The molecule has 2 heteroatoms. The topological polar surface area (TPSA) is 30.0 Å². The van der Waals surface area contributed by atoms with Gasteiger partial charge in [-0.25, -0.2) is 0 Å². The Kier molecular flexibility index (Phi) is 2.44. The fraction of sp³-hybridized carbons (Fsp3) is 0.333. The van der Waals surface area contributed by atoms with Crippen molar-refractivity contribution in [2.45, 2.75) is 25.2 Å². The van der Waals surface area contributed by atoms with Crippen molar-refractivity contribution >= 4 is 5.78 Å². The van der Waals surface area contributed by atoms with E-state index in [0.717, 1.165) is 18.4 Å². The van der Waals surface area contributed by atoms with Gasteiger partial charge in [-0.15, -0.1) is 0 Å². The van der Waals surface area contributed by atoms with Gasteiger partial charge in [-0.1, -0.05) is 6.58 Å². The molecule has 1 atom stereocenters. The van der Waals surface area contributed by atoms with E-state index in [-0.39, 0.29) is 5.78 Å². The number of carbonyl (C=O) groups excluding carboxylic acids is 1. The highest BCUT2D eigenvalue weighted by Gasteiger charge is 2.22. The van der Waals surface area contributed by atoms with Crippen LogP contribution in [-0.4, -0.2) is 10.8 Å². The van der Waals surface area contributed by atoms with E-state index in [1.165, 1.54) is 5.56 Å². The number of pyridine rings is 1. The first-order chi connectivity index (χ1) is 6.77. The summed E-state index contributed by atoms with van der Waals surface area (Å²) in [6, 6.07) is 4.04. The van der Waals surface area contributed by atoms with Gasteiger partial charge in [0.25, 0.3) is 0 Å². The van der Waals surface area contributed by atoms with Crippen molar-refractivity contribution in [3.05, 3.63) is 42.2 Å². The molecule has 1 aliphatic rings. The number of carbonyl (C=O) groups is 1. The maximum Gasteiger partial charge on any atom is 0.158 e. The van der Waals surface area contributed by atoms with Gasteiger partial charge in [0.1, 0.15) is 0 Å². The predicted molar refractivity (Wildman–Crippen MR) is 55.0 cm³/mol. The third kappa shape index (κ3) is 1.74. The molecule has 1 aromatic rings. The van der Waals surface area contributed by atoms with Crippen LogP contribution in [0.5, 0.6) is 0 Å². The van der Waals surface area contributed by atoms with Crippen LogP contribution in [-0.2, 0) is 4.79 Å². The third-order valence-electron chi connectivity index (χ3n) is 2.78. The van der Waals surface area contributed by atoms with E-state index in [1.54, 1.807) is 12.4 Å². The fourth-order valence-corrected chi connectivity index (χ4v) is 1.92. The van der Waals surface area contributed by atoms with Gasteiger partial charge in [0, 0.05) is 18.8 Å². The maximum atomic E-state index is 11.3. The van der Waals surface area contributed by atoms with Gasteiger partial charge in [0.2, 0.25) is 0 Å². The zero-order valence-corrected chi connectivity index (χ0v) is 8.07. The lowest BCUT2D eigenvalue weighted by Gasteiger charge is -2.22. The minimum Gasteiger partial charge on any atom is -0.295 e. The zero-order valence-electron chi connectivity index (χ0n) is 8.07. The Morgan fingerprint density at radius 1 is 1.36 bits per heavy atom. The van der Waals surface area contributed by atoms with Crippen LogP contribution in [0.2, 0.25) is 0 Å². The molecule has 1 unspecified atom stereocenters. The largest absolute Gasteiger partial charge is 0.295 e. The number of Topliss-reactive ketones (excluding diaryl/α,β-unsaturated/α-hetero) is 1. The molecule has 72 valence electrons. The van der Waals surface area contributed by atoms with Gasteiger partial charge >= 0.3 is 0 Å². The van der Waals surface area contributed by atoms with Crippen molar-refractivity contribution in [2.24, 2.45) is 0 Å². The van der Waals surface area contributed by atoms with Crippen molar-refractivity contribution in [1.82, 2.24) is 4.98 Å². The Labute approximate surface area is 83.7 Å². The average Bonchev–Trinajstić information content (AvgIpc) is 2.23. The molecule has 0 radical (unpaired) electrons. The molecule has 0 spiro atoms. The average molecular weight is 187 g/mol. The molecule has 1 heterocycles. The summed E-state index contributed by atoms with van der Waals surface area (Å²) in [6.45, 7) is 3.81. The summed E-state index contributed by atoms with van der Waals surface area (Å²) < 4.78 is 0. The number of ketones is 1. The van der Waals surface area contributed by atoms with Gasteiger partial charge in [0.15, 0.2) is 5.78 Å². The molecule has 2 rings (SSSR count). The summed E-state index contributed by atoms with van der Waals surface area (Å²) in [5.74, 6) is 0.693. The predicted octanol–water partition coefficient (Wildman–Crippen LogP) is 2.47. The highest BCUT2D eigenvalue weighted by molar-refractivity contribution is 5.95. The lowest BCUT2D eigenvalue weighted by molar-refractivity contribution is -0.116. The van der Waals surface area contributed by atoms with Crippen LogP contribution in [0.15, 0.2) is 36.7 Å². The number of rotatable bonds is 1. The second kappa shape index (κ2) is 3.74. The Morgan fingerprint density at radius 2 is 2.07 bits per heavy atom. The highest BCUT2D eigenvalue weighted by atomic mass is 16.1. The van der Waals surface area contributed by atoms with Crippen molar-refractivity contribution in [1.29, 1.82) is 0 Å². The van der Waals surface area contributed by atoms with Gasteiger partial charge in [-0.2, -0.15) is 0 Å². The van der Waals surface area contributed by atoms with E-state index in [9.17, 15) is 4.79 Å². The maximum absolute atomic E-state index is 11.3. The molecular weight excluding hydrogens is 174 g/mol. The first-order valence-electron chi connectivity index (χ1n) is 4.88. The smallest absolute Gasteiger partial charge is 0.158 e. The molecule has 0 bridgehead atoms. The number of aromatic nitrogens is 1. The monoisotopic (exact) mass is 187 g/mol. The minimum absolute atomic E-state index is 0.232. The Hall–Kier alpha value is -1.44. The SMILES string of the molecule is C=C1CC(c2ccncc2)CCC1=O. The van der Waals surface area contributed by atoms with Gasteiger partial charge < -0.3 is 0 Å². The molecule has 1 aliphatic carbocycles. The van der Waals surface area contributed by atoms with Crippen LogP contribution < -0.4 is 0 Å². The first-order valence-corrected chi connectivity index (χ1v) is 4.88. The van der Waals surface area contributed by atoms with E-state index in [4.69, 9.17) is 0 Å². The Balaban J connectivity index is 2.14. The normalized spacial score (nSPS) is 22.4. The molecule has 0 amide bonds. The second-order valence-corrected chi connectivity index (χ2v) is 3.75. The number of allylic oxidation sites excluding steroid dienone is 1. The van der Waals surface area contributed by atoms with Gasteiger partial charge in [0.05, 0.1) is 0 Å². The Bertz CT molecular complexity index is 356. The van der Waals surface area contributed by atoms with E-state index in [1.807, 2.05) is 12.1 Å². The molecule has 1 fully saturated rings. The van der Waals surface area contributed by atoms with Crippen molar-refractivity contribution in [3.63, 3.8) is 0 Å². The summed E-state index contributed by atoms with van der Waals surface area (Å²) in [6.07, 6.45) is 6.00. The molecular formula is C12H13NO. The number of hydrogen-bond acceptors (Lipinski definition) is 2. The quantitative estimate of drug-likeness (QED) is 0.632. The summed E-state index contributed by atoms with van der Waals surface area (Å²) in [4.78, 5) is 15.2. The van der Waals surface area contributed by atoms with Crippen molar-refractivity contribution in [2.75, 3.05) is 0 Å². The van der Waals surface area contributed by atoms with Crippen LogP contribution in [0.1, 0.15) is 30.7 Å². The molecule has 0 N–H and O–H groups in total. The van der Waals surface area contributed by atoms with Crippen LogP contribution in [0.25, 0.3) is 0 Å². The van der Waals surface area contributed by atoms with E-state index in [0.29, 0.717) is 12.3 Å². The summed E-state index contributed by atoms with van der Waals surface area (Å²) >= 11 is 0. The van der Waals surface area contributed by atoms with E-state index >= 15 is 0 Å². The zero-order chi connectivity index (χ0) is 9.97. The fourth-order valence-electron chi connectivity index (χ4n) is 1.92. The van der Waals surface area contributed by atoms with Crippen LogP contribution in [0, 0.1) is 0 Å². The minimum atomic E-state index is 0.232. The molecule has 0 saturated heterocycles. The molecule has 1 saturated carbocycles. The molecule has 0 aromatic carbocycles. The standard InChI is InChI=1S/C12H13NO/c1-9-8-11(2-3-12(9)14)10-4-6-13-7-5-10/h4-7,11H,1-3,8H2. The third-order valence-corrected chi connectivity index (χ3v) is 2.78. The second-order valence-electron chi connectivity index (χ2n) is 3.75. The Morgan fingerprint density at radius 3 is 2.71 bits per heavy atom. The van der Waals surface area contributed by atoms with E-state index in [2.05, 4.69) is 11.6 Å². The number of nitrogens with zero attached hydrogens (tertiary/aromatic N) is 1. The van der Waals surface area contributed by atoms with Crippen LogP contribution >= 0.6 is 0 Å². The highest BCUT2D eigenvalue weighted by Crippen LogP contribution is 2.32. The lowest BCUT2D eigenvalue weighted by atomic mass is 9.81. The molecule has 14 heavy (non-hydrogen) atoms.